The SMILES string of the molecule is O=CCOCCNC1=CC(=O)c2ccccc2C1=O. The molecule has 0 aromatic heterocycles. The Labute approximate surface area is 110 Å². The molecule has 0 radical (unpaired) electrons. The van der Waals surface area contributed by atoms with Crippen LogP contribution in [0.1, 0.15) is 20.7 Å². The molecule has 0 saturated heterocycles. The van der Waals surface area contributed by atoms with Gasteiger partial charge in [0.1, 0.15) is 12.9 Å². The molecule has 2 rings (SSSR count). The molecule has 1 N–H and O–H groups in total. The molecule has 1 aliphatic carbocycles. The molecular formula is C14H13NO4. The van der Waals surface area contributed by atoms with Gasteiger partial charge in [-0.1, -0.05) is 24.3 Å². The number of nitrogens with one attached hydrogen (secondary N) is 1. The van der Waals surface area contributed by atoms with Gasteiger partial charge in [0.15, 0.2) is 5.78 Å². The van der Waals surface area contributed by atoms with Gasteiger partial charge in [0, 0.05) is 23.7 Å². The lowest BCUT2D eigenvalue weighted by atomic mass is 9.93. The lowest BCUT2D eigenvalue weighted by Gasteiger charge is -2.16. The Kier molecular flexibility index (Phi) is 4.20. The molecule has 0 aliphatic heterocycles. The van der Waals surface area contributed by atoms with Gasteiger partial charge in [0.05, 0.1) is 12.3 Å². The van der Waals surface area contributed by atoms with E-state index in [1.807, 2.05) is 0 Å². The molecular weight excluding hydrogens is 246 g/mol. The van der Waals surface area contributed by atoms with Crippen LogP contribution < -0.4 is 5.32 Å². The van der Waals surface area contributed by atoms with E-state index in [0.717, 1.165) is 0 Å². The van der Waals surface area contributed by atoms with Crippen LogP contribution in [0.5, 0.6) is 0 Å². The second kappa shape index (κ2) is 6.06. The van der Waals surface area contributed by atoms with Gasteiger partial charge < -0.3 is 14.8 Å². The van der Waals surface area contributed by atoms with Crippen molar-refractivity contribution in [2.75, 3.05) is 19.8 Å². The van der Waals surface area contributed by atoms with Crippen molar-refractivity contribution >= 4 is 17.9 Å². The van der Waals surface area contributed by atoms with Gasteiger partial charge in [0.25, 0.3) is 0 Å². The van der Waals surface area contributed by atoms with Crippen LogP contribution in [0.2, 0.25) is 0 Å². The maximum Gasteiger partial charge on any atom is 0.209 e. The molecule has 0 atom stereocenters. The van der Waals surface area contributed by atoms with Crippen molar-refractivity contribution in [2.24, 2.45) is 0 Å². The lowest BCUT2D eigenvalue weighted by molar-refractivity contribution is -0.111. The molecule has 98 valence electrons. The molecule has 0 spiro atoms. The van der Waals surface area contributed by atoms with E-state index in [1.54, 1.807) is 24.3 Å². The van der Waals surface area contributed by atoms with Crippen molar-refractivity contribution in [3.8, 4) is 0 Å². The van der Waals surface area contributed by atoms with Gasteiger partial charge in [-0.05, 0) is 0 Å². The molecule has 0 bridgehead atoms. The van der Waals surface area contributed by atoms with Crippen molar-refractivity contribution < 1.29 is 19.1 Å². The number of rotatable bonds is 6. The zero-order chi connectivity index (χ0) is 13.7. The number of carbonyl (C=O) groups excluding carboxylic acids is 3. The van der Waals surface area contributed by atoms with E-state index in [2.05, 4.69) is 5.32 Å². The van der Waals surface area contributed by atoms with Crippen molar-refractivity contribution in [1.82, 2.24) is 5.32 Å². The highest BCUT2D eigenvalue weighted by molar-refractivity contribution is 6.24. The van der Waals surface area contributed by atoms with Gasteiger partial charge in [0.2, 0.25) is 5.78 Å². The van der Waals surface area contributed by atoms with Gasteiger partial charge in [-0.15, -0.1) is 0 Å². The zero-order valence-corrected chi connectivity index (χ0v) is 10.2. The minimum absolute atomic E-state index is 0.0242. The van der Waals surface area contributed by atoms with Gasteiger partial charge in [-0.25, -0.2) is 0 Å². The number of ether oxygens (including phenoxy) is 1. The summed E-state index contributed by atoms with van der Waals surface area (Å²) in [7, 11) is 0. The van der Waals surface area contributed by atoms with Crippen molar-refractivity contribution in [3.63, 3.8) is 0 Å². The lowest BCUT2D eigenvalue weighted by Crippen LogP contribution is -2.29. The summed E-state index contributed by atoms with van der Waals surface area (Å²) in [5.41, 5.74) is 1.10. The zero-order valence-electron chi connectivity index (χ0n) is 10.2. The van der Waals surface area contributed by atoms with Crippen LogP contribution in [0.4, 0.5) is 0 Å². The average Bonchev–Trinajstić information content (AvgIpc) is 2.44. The van der Waals surface area contributed by atoms with E-state index in [9.17, 15) is 14.4 Å². The minimum Gasteiger partial charge on any atom is -0.379 e. The van der Waals surface area contributed by atoms with Crippen LogP contribution in [0.15, 0.2) is 36.0 Å². The minimum atomic E-state index is -0.203. The van der Waals surface area contributed by atoms with Gasteiger partial charge >= 0.3 is 0 Å². The monoisotopic (exact) mass is 259 g/mol. The maximum absolute atomic E-state index is 12.1. The Morgan fingerprint density at radius 2 is 1.89 bits per heavy atom. The average molecular weight is 259 g/mol. The first kappa shape index (κ1) is 13.2. The Morgan fingerprint density at radius 3 is 2.63 bits per heavy atom. The van der Waals surface area contributed by atoms with Crippen LogP contribution in [-0.2, 0) is 9.53 Å². The Hall–Kier alpha value is -2.27. The first-order valence-corrected chi connectivity index (χ1v) is 5.89. The molecule has 0 fully saturated rings. The van der Waals surface area contributed by atoms with E-state index in [1.165, 1.54) is 6.08 Å². The second-order valence-electron chi connectivity index (χ2n) is 3.97. The molecule has 0 amide bonds. The standard InChI is InChI=1S/C14H13NO4/c16-6-8-19-7-5-15-12-9-13(17)10-3-1-2-4-11(10)14(12)18/h1-4,6,9,15H,5,7-8H2. The first-order valence-electron chi connectivity index (χ1n) is 5.89. The number of hydrogen-bond donors (Lipinski definition) is 1. The Balaban J connectivity index is 2.02. The largest absolute Gasteiger partial charge is 0.379 e. The fourth-order valence-corrected chi connectivity index (χ4v) is 1.84. The number of carbonyl (C=O) groups is 3. The Bertz CT molecular complexity index is 548. The highest BCUT2D eigenvalue weighted by Crippen LogP contribution is 2.19. The summed E-state index contributed by atoms with van der Waals surface area (Å²) in [5.74, 6) is -0.392. The highest BCUT2D eigenvalue weighted by Gasteiger charge is 2.24. The third-order valence-electron chi connectivity index (χ3n) is 2.70. The number of benzene rings is 1. The molecule has 0 saturated carbocycles. The van der Waals surface area contributed by atoms with Gasteiger partial charge in [-0.2, -0.15) is 0 Å². The fourth-order valence-electron chi connectivity index (χ4n) is 1.84. The molecule has 1 aromatic rings. The van der Waals surface area contributed by atoms with E-state index in [-0.39, 0.29) is 23.9 Å². The van der Waals surface area contributed by atoms with Crippen LogP contribution in [-0.4, -0.2) is 37.6 Å². The van der Waals surface area contributed by atoms with E-state index < -0.39 is 0 Å². The van der Waals surface area contributed by atoms with Crippen molar-refractivity contribution in [2.45, 2.75) is 0 Å². The smallest absolute Gasteiger partial charge is 0.209 e. The van der Waals surface area contributed by atoms with Crippen LogP contribution in [0.3, 0.4) is 0 Å². The fraction of sp³-hybridized carbons (Fsp3) is 0.214. The molecule has 5 heteroatoms. The number of hydrogen-bond acceptors (Lipinski definition) is 5. The summed E-state index contributed by atoms with van der Waals surface area (Å²) in [6.45, 7) is 0.677. The van der Waals surface area contributed by atoms with Crippen LogP contribution in [0, 0.1) is 0 Å². The molecule has 1 aliphatic rings. The van der Waals surface area contributed by atoms with E-state index in [0.29, 0.717) is 30.6 Å². The summed E-state index contributed by atoms with van der Waals surface area (Å²) in [5, 5.41) is 2.85. The van der Waals surface area contributed by atoms with Crippen LogP contribution in [0.25, 0.3) is 0 Å². The van der Waals surface area contributed by atoms with Crippen LogP contribution >= 0.6 is 0 Å². The van der Waals surface area contributed by atoms with Crippen molar-refractivity contribution in [1.29, 1.82) is 0 Å². The molecule has 0 unspecified atom stereocenters. The summed E-state index contributed by atoms with van der Waals surface area (Å²) in [4.78, 5) is 34.0. The number of allylic oxidation sites excluding steroid dienone is 2. The summed E-state index contributed by atoms with van der Waals surface area (Å²) >= 11 is 0. The Morgan fingerprint density at radius 1 is 1.16 bits per heavy atom. The highest BCUT2D eigenvalue weighted by atomic mass is 16.5. The summed E-state index contributed by atoms with van der Waals surface area (Å²) < 4.78 is 4.95. The maximum atomic E-state index is 12.1. The first-order chi connectivity index (χ1) is 9.24. The molecule has 1 aromatic carbocycles. The number of Topliss-reactive ketones (excluding diaryl/α,β-unsaturated/α-hetero) is 1. The molecule has 5 nitrogen and oxygen atoms in total. The summed E-state index contributed by atoms with van der Waals surface area (Å²) in [6.07, 6.45) is 1.95. The third-order valence-corrected chi connectivity index (χ3v) is 2.70. The normalized spacial score (nSPS) is 13.8. The topological polar surface area (TPSA) is 72.5 Å². The van der Waals surface area contributed by atoms with Crippen molar-refractivity contribution in [3.05, 3.63) is 47.2 Å². The quantitative estimate of drug-likeness (QED) is 0.603. The number of aldehydes is 1. The van der Waals surface area contributed by atoms with E-state index >= 15 is 0 Å². The summed E-state index contributed by atoms with van der Waals surface area (Å²) in [6, 6.07) is 6.72. The second-order valence-corrected chi connectivity index (χ2v) is 3.97. The van der Waals surface area contributed by atoms with E-state index in [4.69, 9.17) is 4.74 Å². The van der Waals surface area contributed by atoms with Gasteiger partial charge in [-0.3, -0.25) is 9.59 Å². The molecule has 19 heavy (non-hydrogen) atoms. The number of ketones is 2. The number of fused-ring (bicyclic) bond motifs is 1. The third kappa shape index (κ3) is 2.95. The predicted molar refractivity (Wildman–Crippen MR) is 68.1 cm³/mol. The predicted octanol–water partition coefficient (Wildman–Crippen LogP) is 0.755. The molecule has 0 heterocycles.